The highest BCUT2D eigenvalue weighted by molar-refractivity contribution is 5.27. The summed E-state index contributed by atoms with van der Waals surface area (Å²) < 4.78 is 6.83. The van der Waals surface area contributed by atoms with E-state index in [1.165, 1.54) is 5.56 Å². The zero-order chi connectivity index (χ0) is 12.8. The van der Waals surface area contributed by atoms with E-state index in [0.29, 0.717) is 6.54 Å². The molecule has 2 aromatic rings. The fourth-order valence-corrected chi connectivity index (χ4v) is 1.69. The quantitative estimate of drug-likeness (QED) is 0.777. The van der Waals surface area contributed by atoms with Crippen LogP contribution in [0.2, 0.25) is 0 Å². The van der Waals surface area contributed by atoms with Crippen molar-refractivity contribution in [1.29, 1.82) is 0 Å². The molecular weight excluding hydrogens is 228 g/mol. The van der Waals surface area contributed by atoms with Gasteiger partial charge in [0.2, 0.25) is 0 Å². The van der Waals surface area contributed by atoms with Crippen molar-refractivity contribution < 1.29 is 4.74 Å². The van der Waals surface area contributed by atoms with E-state index >= 15 is 0 Å². The summed E-state index contributed by atoms with van der Waals surface area (Å²) >= 11 is 0. The SMILES string of the molecule is COc1ccc(CCNCc2ncn(C)n2)cc1. The lowest BCUT2D eigenvalue weighted by Gasteiger charge is -2.04. The lowest BCUT2D eigenvalue weighted by atomic mass is 10.1. The van der Waals surface area contributed by atoms with E-state index in [4.69, 9.17) is 4.74 Å². The average Bonchev–Trinajstić information content (AvgIpc) is 2.81. The van der Waals surface area contributed by atoms with Crippen molar-refractivity contribution in [2.75, 3.05) is 13.7 Å². The predicted molar refractivity (Wildman–Crippen MR) is 69.4 cm³/mol. The first-order valence-electron chi connectivity index (χ1n) is 5.96. The molecule has 5 heteroatoms. The number of hydrogen-bond acceptors (Lipinski definition) is 4. The van der Waals surface area contributed by atoms with E-state index in [1.807, 2.05) is 19.2 Å². The first kappa shape index (κ1) is 12.6. The highest BCUT2D eigenvalue weighted by Gasteiger charge is 1.98. The van der Waals surface area contributed by atoms with Gasteiger partial charge in [0.1, 0.15) is 12.1 Å². The Labute approximate surface area is 107 Å². The number of aryl methyl sites for hydroxylation is 1. The van der Waals surface area contributed by atoms with E-state index in [9.17, 15) is 0 Å². The molecule has 1 aromatic heterocycles. The van der Waals surface area contributed by atoms with Crippen molar-refractivity contribution in [3.8, 4) is 5.75 Å². The average molecular weight is 246 g/mol. The minimum Gasteiger partial charge on any atom is -0.497 e. The highest BCUT2D eigenvalue weighted by Crippen LogP contribution is 2.11. The van der Waals surface area contributed by atoms with Crippen LogP contribution in [0, 0.1) is 0 Å². The number of nitrogens with zero attached hydrogens (tertiary/aromatic N) is 3. The van der Waals surface area contributed by atoms with Crippen molar-refractivity contribution in [2.24, 2.45) is 7.05 Å². The fraction of sp³-hybridized carbons (Fsp3) is 0.385. The van der Waals surface area contributed by atoms with Gasteiger partial charge in [-0.2, -0.15) is 5.10 Å². The van der Waals surface area contributed by atoms with E-state index in [-0.39, 0.29) is 0 Å². The summed E-state index contributed by atoms with van der Waals surface area (Å²) in [4.78, 5) is 4.16. The second-order valence-electron chi connectivity index (χ2n) is 4.11. The van der Waals surface area contributed by atoms with E-state index in [0.717, 1.165) is 24.5 Å². The third kappa shape index (κ3) is 3.56. The van der Waals surface area contributed by atoms with Gasteiger partial charge in [0.05, 0.1) is 13.7 Å². The van der Waals surface area contributed by atoms with Gasteiger partial charge in [-0.15, -0.1) is 0 Å². The van der Waals surface area contributed by atoms with Crippen LogP contribution < -0.4 is 10.1 Å². The molecule has 96 valence electrons. The van der Waals surface area contributed by atoms with Crippen molar-refractivity contribution >= 4 is 0 Å². The number of nitrogens with one attached hydrogen (secondary N) is 1. The Kier molecular flexibility index (Phi) is 4.30. The minimum atomic E-state index is 0.705. The van der Waals surface area contributed by atoms with Gasteiger partial charge in [0.25, 0.3) is 0 Å². The van der Waals surface area contributed by atoms with Crippen LogP contribution in [0.3, 0.4) is 0 Å². The number of aromatic nitrogens is 3. The van der Waals surface area contributed by atoms with Crippen molar-refractivity contribution in [3.63, 3.8) is 0 Å². The molecule has 18 heavy (non-hydrogen) atoms. The van der Waals surface area contributed by atoms with Gasteiger partial charge in [-0.05, 0) is 30.7 Å². The number of hydrogen-bond donors (Lipinski definition) is 1. The van der Waals surface area contributed by atoms with Crippen LogP contribution >= 0.6 is 0 Å². The molecule has 2 rings (SSSR count). The molecule has 0 aliphatic rings. The topological polar surface area (TPSA) is 52.0 Å². The van der Waals surface area contributed by atoms with Gasteiger partial charge in [0, 0.05) is 7.05 Å². The summed E-state index contributed by atoms with van der Waals surface area (Å²) in [6, 6.07) is 8.13. The van der Waals surface area contributed by atoms with E-state index < -0.39 is 0 Å². The van der Waals surface area contributed by atoms with Gasteiger partial charge >= 0.3 is 0 Å². The molecule has 0 fully saturated rings. The summed E-state index contributed by atoms with van der Waals surface area (Å²) in [5.41, 5.74) is 1.29. The molecule has 0 atom stereocenters. The molecule has 5 nitrogen and oxygen atoms in total. The van der Waals surface area contributed by atoms with Gasteiger partial charge in [-0.25, -0.2) is 4.98 Å². The third-order valence-corrected chi connectivity index (χ3v) is 2.68. The Morgan fingerprint density at radius 1 is 1.28 bits per heavy atom. The van der Waals surface area contributed by atoms with E-state index in [2.05, 4.69) is 27.5 Å². The molecule has 0 aliphatic heterocycles. The molecule has 1 N–H and O–H groups in total. The van der Waals surface area contributed by atoms with Crippen molar-refractivity contribution in [3.05, 3.63) is 42.0 Å². The fourth-order valence-electron chi connectivity index (χ4n) is 1.69. The zero-order valence-electron chi connectivity index (χ0n) is 10.8. The second kappa shape index (κ2) is 6.16. The molecule has 0 radical (unpaired) electrons. The first-order chi connectivity index (χ1) is 8.78. The zero-order valence-corrected chi connectivity index (χ0v) is 10.8. The van der Waals surface area contributed by atoms with Crippen LogP contribution in [0.5, 0.6) is 5.75 Å². The monoisotopic (exact) mass is 246 g/mol. The second-order valence-corrected chi connectivity index (χ2v) is 4.11. The molecule has 0 saturated carbocycles. The van der Waals surface area contributed by atoms with Gasteiger partial charge in [0.15, 0.2) is 5.82 Å². The lowest BCUT2D eigenvalue weighted by Crippen LogP contribution is -2.17. The van der Waals surface area contributed by atoms with Crippen LogP contribution in [-0.2, 0) is 20.0 Å². The molecule has 0 spiro atoms. The molecular formula is C13H18N4O. The molecule has 1 heterocycles. The third-order valence-electron chi connectivity index (χ3n) is 2.68. The molecule has 0 unspecified atom stereocenters. The largest absolute Gasteiger partial charge is 0.497 e. The molecule has 0 aliphatic carbocycles. The molecule has 0 saturated heterocycles. The highest BCUT2D eigenvalue weighted by atomic mass is 16.5. The summed E-state index contributed by atoms with van der Waals surface area (Å²) in [7, 11) is 3.55. The summed E-state index contributed by atoms with van der Waals surface area (Å²) in [5.74, 6) is 1.72. The maximum Gasteiger partial charge on any atom is 0.164 e. The Morgan fingerprint density at radius 3 is 2.67 bits per heavy atom. The van der Waals surface area contributed by atoms with Crippen molar-refractivity contribution in [1.82, 2.24) is 20.1 Å². The normalized spacial score (nSPS) is 10.6. The summed E-state index contributed by atoms with van der Waals surface area (Å²) in [6.07, 6.45) is 2.69. The van der Waals surface area contributed by atoms with Crippen LogP contribution in [0.15, 0.2) is 30.6 Å². The minimum absolute atomic E-state index is 0.705. The van der Waals surface area contributed by atoms with E-state index in [1.54, 1.807) is 18.1 Å². The molecule has 0 bridgehead atoms. The maximum atomic E-state index is 5.12. The maximum absolute atomic E-state index is 5.12. The summed E-state index contributed by atoms with van der Waals surface area (Å²) in [6.45, 7) is 1.61. The Morgan fingerprint density at radius 2 is 2.06 bits per heavy atom. The standard InChI is InChI=1S/C13H18N4O/c1-17-10-15-13(16-17)9-14-8-7-11-3-5-12(18-2)6-4-11/h3-6,10,14H,7-9H2,1-2H3. The Bertz CT molecular complexity index is 478. The van der Waals surface area contributed by atoms with Gasteiger partial charge < -0.3 is 10.1 Å². The van der Waals surface area contributed by atoms with Gasteiger partial charge in [-0.3, -0.25) is 4.68 Å². The van der Waals surface area contributed by atoms with Gasteiger partial charge in [-0.1, -0.05) is 12.1 Å². The van der Waals surface area contributed by atoms with Crippen LogP contribution in [-0.4, -0.2) is 28.4 Å². The number of ether oxygens (including phenoxy) is 1. The summed E-state index contributed by atoms with van der Waals surface area (Å²) in [5, 5.41) is 7.53. The van der Waals surface area contributed by atoms with Crippen LogP contribution in [0.1, 0.15) is 11.4 Å². The predicted octanol–water partition coefficient (Wildman–Crippen LogP) is 1.16. The number of benzene rings is 1. The lowest BCUT2D eigenvalue weighted by molar-refractivity contribution is 0.414. The smallest absolute Gasteiger partial charge is 0.164 e. The Balaban J connectivity index is 1.71. The first-order valence-corrected chi connectivity index (χ1v) is 5.96. The Hall–Kier alpha value is -1.88. The van der Waals surface area contributed by atoms with Crippen molar-refractivity contribution in [2.45, 2.75) is 13.0 Å². The van der Waals surface area contributed by atoms with Crippen LogP contribution in [0.25, 0.3) is 0 Å². The number of methoxy groups -OCH3 is 1. The molecule has 0 amide bonds. The number of rotatable bonds is 6. The van der Waals surface area contributed by atoms with Crippen LogP contribution in [0.4, 0.5) is 0 Å². The molecule has 1 aromatic carbocycles.